The molecule has 110 valence electrons. The number of nitrogens with zero attached hydrogens (tertiary/aromatic N) is 1. The Hall–Kier alpha value is -1.86. The number of carbonyl (C=O) groups is 1. The summed E-state index contributed by atoms with van der Waals surface area (Å²) in [6.45, 7) is -1.44. The molecule has 1 aliphatic rings. The number of rotatable bonds is 3. The van der Waals surface area contributed by atoms with Crippen LogP contribution in [0.4, 0.5) is 27.6 Å². The predicted octanol–water partition coefficient (Wildman–Crippen LogP) is 2.71. The minimum absolute atomic E-state index is 0.387. The summed E-state index contributed by atoms with van der Waals surface area (Å²) in [5.41, 5.74) is 4.53. The second-order valence-electron chi connectivity index (χ2n) is 4.63. The molecule has 1 aromatic carbocycles. The van der Waals surface area contributed by atoms with Gasteiger partial charge in [-0.3, -0.25) is 4.79 Å². The second-order valence-corrected chi connectivity index (χ2v) is 4.63. The third-order valence-corrected chi connectivity index (χ3v) is 2.92. The van der Waals surface area contributed by atoms with Gasteiger partial charge < -0.3 is 10.6 Å². The smallest absolute Gasteiger partial charge is 0.398 e. The summed E-state index contributed by atoms with van der Waals surface area (Å²) in [7, 11) is 0. The molecule has 1 aromatic rings. The van der Waals surface area contributed by atoms with Gasteiger partial charge in [0.1, 0.15) is 6.54 Å². The van der Waals surface area contributed by atoms with Crippen LogP contribution < -0.4 is 5.73 Å². The van der Waals surface area contributed by atoms with Crippen molar-refractivity contribution in [2.75, 3.05) is 12.3 Å². The maximum absolute atomic E-state index is 13.1. The van der Waals surface area contributed by atoms with Gasteiger partial charge in [0, 0.05) is 17.8 Å². The van der Waals surface area contributed by atoms with E-state index in [0.717, 1.165) is 0 Å². The topological polar surface area (TPSA) is 46.3 Å². The van der Waals surface area contributed by atoms with Crippen molar-refractivity contribution in [1.29, 1.82) is 0 Å². The Labute approximate surface area is 111 Å². The van der Waals surface area contributed by atoms with Crippen molar-refractivity contribution < 1.29 is 26.7 Å². The molecule has 2 N–H and O–H groups in total. The molecule has 0 unspecified atom stereocenters. The molecule has 0 saturated heterocycles. The molecule has 1 fully saturated rings. The predicted molar refractivity (Wildman–Crippen MR) is 60.9 cm³/mol. The van der Waals surface area contributed by atoms with Crippen LogP contribution in [0.15, 0.2) is 12.1 Å². The summed E-state index contributed by atoms with van der Waals surface area (Å²) in [6, 6.07) is 0.580. The molecule has 1 saturated carbocycles. The maximum atomic E-state index is 13.1. The van der Waals surface area contributed by atoms with E-state index in [1.54, 1.807) is 0 Å². The Morgan fingerprint density at radius 1 is 1.25 bits per heavy atom. The maximum Gasteiger partial charge on any atom is 0.406 e. The standard InChI is InChI=1S/C12H11F5N2O/c13-8-3-7(10(18)4-9(8)14)11(20)19(6-1-2-6)5-12(15,16)17/h3-4,6H,1-2,5,18H2. The molecule has 0 aliphatic heterocycles. The van der Waals surface area contributed by atoms with Gasteiger partial charge in [-0.25, -0.2) is 8.78 Å². The molecule has 0 atom stereocenters. The normalized spacial score (nSPS) is 15.2. The number of anilines is 1. The Morgan fingerprint density at radius 3 is 2.30 bits per heavy atom. The number of nitrogens with two attached hydrogens (primary N) is 1. The first-order valence-electron chi connectivity index (χ1n) is 5.81. The lowest BCUT2D eigenvalue weighted by molar-refractivity contribution is -0.141. The third kappa shape index (κ3) is 3.17. The van der Waals surface area contributed by atoms with Crippen LogP contribution in [0, 0.1) is 11.6 Å². The molecule has 0 heterocycles. The van der Waals surface area contributed by atoms with Crippen molar-refractivity contribution in [2.45, 2.75) is 25.1 Å². The van der Waals surface area contributed by atoms with E-state index < -0.39 is 41.9 Å². The number of carbonyl (C=O) groups excluding carboxylic acids is 1. The zero-order valence-electron chi connectivity index (χ0n) is 10.2. The monoisotopic (exact) mass is 294 g/mol. The summed E-state index contributed by atoms with van der Waals surface area (Å²) < 4.78 is 63.4. The highest BCUT2D eigenvalue weighted by molar-refractivity contribution is 5.99. The van der Waals surface area contributed by atoms with Crippen molar-refractivity contribution in [2.24, 2.45) is 0 Å². The quantitative estimate of drug-likeness (QED) is 0.688. The largest absolute Gasteiger partial charge is 0.406 e. The first-order chi connectivity index (χ1) is 9.19. The van der Waals surface area contributed by atoms with Crippen molar-refractivity contribution in [3.8, 4) is 0 Å². The van der Waals surface area contributed by atoms with E-state index in [9.17, 15) is 26.7 Å². The number of amides is 1. The first kappa shape index (κ1) is 14.5. The van der Waals surface area contributed by atoms with Gasteiger partial charge in [0.25, 0.3) is 5.91 Å². The van der Waals surface area contributed by atoms with Gasteiger partial charge in [-0.1, -0.05) is 0 Å². The third-order valence-electron chi connectivity index (χ3n) is 2.92. The van der Waals surface area contributed by atoms with Gasteiger partial charge in [-0.05, 0) is 18.9 Å². The highest BCUT2D eigenvalue weighted by atomic mass is 19.4. The summed E-state index contributed by atoms with van der Waals surface area (Å²) in [5, 5.41) is 0. The van der Waals surface area contributed by atoms with Crippen LogP contribution in [-0.4, -0.2) is 29.6 Å². The average molecular weight is 294 g/mol. The molecule has 0 bridgehead atoms. The molecular formula is C12H11F5N2O. The van der Waals surface area contributed by atoms with E-state index in [4.69, 9.17) is 5.73 Å². The SMILES string of the molecule is Nc1cc(F)c(F)cc1C(=O)N(CC(F)(F)F)C1CC1. The zero-order chi connectivity index (χ0) is 15.1. The summed E-state index contributed by atoms with van der Waals surface area (Å²) in [6.07, 6.45) is -3.66. The summed E-state index contributed by atoms with van der Waals surface area (Å²) in [4.78, 5) is 12.6. The van der Waals surface area contributed by atoms with Crippen molar-refractivity contribution >= 4 is 11.6 Å². The lowest BCUT2D eigenvalue weighted by atomic mass is 10.1. The molecule has 3 nitrogen and oxygen atoms in total. The van der Waals surface area contributed by atoms with Gasteiger partial charge in [0.15, 0.2) is 11.6 Å². The zero-order valence-corrected chi connectivity index (χ0v) is 10.2. The molecule has 1 aliphatic carbocycles. The van der Waals surface area contributed by atoms with E-state index in [2.05, 4.69) is 0 Å². The minimum atomic E-state index is -4.56. The molecule has 0 aromatic heterocycles. The van der Waals surface area contributed by atoms with Gasteiger partial charge in [-0.15, -0.1) is 0 Å². The fraction of sp³-hybridized carbons (Fsp3) is 0.417. The van der Waals surface area contributed by atoms with Gasteiger partial charge in [-0.2, -0.15) is 13.2 Å². The molecule has 20 heavy (non-hydrogen) atoms. The highest BCUT2D eigenvalue weighted by Gasteiger charge is 2.41. The van der Waals surface area contributed by atoms with Crippen LogP contribution in [0.25, 0.3) is 0 Å². The van der Waals surface area contributed by atoms with Crippen molar-refractivity contribution in [3.63, 3.8) is 0 Å². The Morgan fingerprint density at radius 2 is 1.80 bits per heavy atom. The Balaban J connectivity index is 2.30. The van der Waals surface area contributed by atoms with Gasteiger partial charge in [0.2, 0.25) is 0 Å². The van der Waals surface area contributed by atoms with Crippen LogP contribution in [0.3, 0.4) is 0 Å². The van der Waals surface area contributed by atoms with E-state index in [-0.39, 0.29) is 5.69 Å². The first-order valence-corrected chi connectivity index (χ1v) is 5.81. The van der Waals surface area contributed by atoms with Crippen LogP contribution in [0.2, 0.25) is 0 Å². The molecular weight excluding hydrogens is 283 g/mol. The number of nitrogen functional groups attached to an aromatic ring is 1. The second kappa shape index (κ2) is 4.92. The molecule has 0 spiro atoms. The number of hydrogen-bond donors (Lipinski definition) is 1. The lowest BCUT2D eigenvalue weighted by Gasteiger charge is -2.24. The van der Waals surface area contributed by atoms with Crippen molar-refractivity contribution in [1.82, 2.24) is 4.90 Å². The van der Waals surface area contributed by atoms with Gasteiger partial charge >= 0.3 is 6.18 Å². The Bertz CT molecular complexity index is 539. The van der Waals surface area contributed by atoms with Crippen LogP contribution in [-0.2, 0) is 0 Å². The number of halogens is 5. The van der Waals surface area contributed by atoms with Gasteiger partial charge in [0.05, 0.1) is 5.56 Å². The molecule has 2 rings (SSSR count). The number of alkyl halides is 3. The fourth-order valence-corrected chi connectivity index (χ4v) is 1.85. The van der Waals surface area contributed by atoms with Crippen LogP contribution in [0.1, 0.15) is 23.2 Å². The average Bonchev–Trinajstić information content (AvgIpc) is 3.13. The molecule has 1 amide bonds. The molecule has 0 radical (unpaired) electrons. The van der Waals surface area contributed by atoms with E-state index in [0.29, 0.717) is 29.9 Å². The van der Waals surface area contributed by atoms with E-state index >= 15 is 0 Å². The highest BCUT2D eigenvalue weighted by Crippen LogP contribution is 2.32. The Kier molecular flexibility index (Phi) is 3.58. The number of hydrogen-bond acceptors (Lipinski definition) is 2. The molecule has 8 heteroatoms. The van der Waals surface area contributed by atoms with E-state index in [1.165, 1.54) is 0 Å². The fourth-order valence-electron chi connectivity index (χ4n) is 1.85. The number of benzene rings is 1. The summed E-state index contributed by atoms with van der Waals surface area (Å²) in [5.74, 6) is -3.63. The van der Waals surface area contributed by atoms with Crippen LogP contribution in [0.5, 0.6) is 0 Å². The lowest BCUT2D eigenvalue weighted by Crippen LogP contribution is -2.40. The van der Waals surface area contributed by atoms with Crippen LogP contribution >= 0.6 is 0 Å². The van der Waals surface area contributed by atoms with Crippen molar-refractivity contribution in [3.05, 3.63) is 29.3 Å². The minimum Gasteiger partial charge on any atom is -0.398 e. The summed E-state index contributed by atoms with van der Waals surface area (Å²) >= 11 is 0. The van der Waals surface area contributed by atoms with E-state index in [1.807, 2.05) is 0 Å².